The molecule has 0 saturated carbocycles. The topological polar surface area (TPSA) is 80.1 Å². The first kappa shape index (κ1) is 17.5. The van der Waals surface area contributed by atoms with Crippen LogP contribution in [0, 0.1) is 5.41 Å². The number of carbonyl (C=O) groups excluding carboxylic acids is 2. The van der Waals surface area contributed by atoms with Crippen LogP contribution in [0.5, 0.6) is 0 Å². The van der Waals surface area contributed by atoms with Crippen LogP contribution < -0.4 is 10.2 Å². The Bertz CT molecular complexity index is 830. The van der Waals surface area contributed by atoms with Gasteiger partial charge in [-0.25, -0.2) is 13.8 Å². The van der Waals surface area contributed by atoms with Crippen molar-refractivity contribution in [3.8, 4) is 0 Å². The second-order valence-electron chi connectivity index (χ2n) is 6.46. The Morgan fingerprint density at radius 1 is 1.44 bits per heavy atom. The quantitative estimate of drug-likeness (QED) is 0.899. The molecule has 1 N–H and O–H groups in total. The largest absolute Gasteiger partial charge is 0.316 e. The Kier molecular flexibility index (Phi) is 4.31. The van der Waals surface area contributed by atoms with Gasteiger partial charge in [-0.2, -0.15) is 5.10 Å². The van der Waals surface area contributed by atoms with Crippen molar-refractivity contribution in [1.29, 1.82) is 0 Å². The maximum Gasteiger partial charge on any atom is 0.289 e. The summed E-state index contributed by atoms with van der Waals surface area (Å²) in [6, 6.07) is 0. The highest BCUT2D eigenvalue weighted by Gasteiger charge is 2.41. The third-order valence-electron chi connectivity index (χ3n) is 4.04. The summed E-state index contributed by atoms with van der Waals surface area (Å²) >= 11 is 0.724. The number of nitrogens with zero attached hydrogens (tertiary/aromatic N) is 4. The van der Waals surface area contributed by atoms with Gasteiger partial charge in [0.15, 0.2) is 10.8 Å². The van der Waals surface area contributed by atoms with Crippen molar-refractivity contribution in [3.63, 3.8) is 0 Å². The first-order valence-corrected chi connectivity index (χ1v) is 8.47. The summed E-state index contributed by atoms with van der Waals surface area (Å²) in [5, 5.41) is 7.73. The van der Waals surface area contributed by atoms with Crippen LogP contribution in [0.2, 0.25) is 0 Å². The van der Waals surface area contributed by atoms with Gasteiger partial charge in [-0.15, -0.1) is 11.3 Å². The zero-order valence-electron chi connectivity index (χ0n) is 13.9. The number of amides is 2. The van der Waals surface area contributed by atoms with Gasteiger partial charge in [0.1, 0.15) is 11.4 Å². The van der Waals surface area contributed by atoms with Crippen molar-refractivity contribution < 1.29 is 18.4 Å². The number of aromatic nitrogens is 3. The molecule has 1 aliphatic heterocycles. The van der Waals surface area contributed by atoms with Crippen LogP contribution >= 0.6 is 11.3 Å². The molecule has 0 unspecified atom stereocenters. The van der Waals surface area contributed by atoms with E-state index in [1.807, 2.05) is 13.8 Å². The summed E-state index contributed by atoms with van der Waals surface area (Å²) in [6.07, 6.45) is -0.476. The zero-order chi connectivity index (χ0) is 18.4. The number of hydrogen-bond acceptors (Lipinski definition) is 5. The van der Waals surface area contributed by atoms with E-state index < -0.39 is 22.8 Å². The SMILES string of the molecule is Cn1cc(NC(=O)c2csc(C(F)F)n2)c(N2CCC(C)(C)C2=O)n1. The smallest absolute Gasteiger partial charge is 0.289 e. The molecule has 0 radical (unpaired) electrons. The van der Waals surface area contributed by atoms with Crippen molar-refractivity contribution in [1.82, 2.24) is 14.8 Å². The minimum absolute atomic E-state index is 0.0738. The maximum atomic E-state index is 12.6. The van der Waals surface area contributed by atoms with E-state index in [1.54, 1.807) is 13.2 Å². The molecule has 10 heteroatoms. The Balaban J connectivity index is 1.84. The molecule has 3 heterocycles. The summed E-state index contributed by atoms with van der Waals surface area (Å²) in [4.78, 5) is 29.9. The minimum Gasteiger partial charge on any atom is -0.316 e. The number of aryl methyl sites for hydroxylation is 1. The molecule has 3 rings (SSSR count). The van der Waals surface area contributed by atoms with E-state index >= 15 is 0 Å². The monoisotopic (exact) mass is 369 g/mol. The third kappa shape index (κ3) is 3.26. The molecule has 0 bridgehead atoms. The number of hydrogen-bond donors (Lipinski definition) is 1. The van der Waals surface area contributed by atoms with Crippen molar-refractivity contribution >= 4 is 34.7 Å². The van der Waals surface area contributed by atoms with Crippen LogP contribution in [0.3, 0.4) is 0 Å². The second-order valence-corrected chi connectivity index (χ2v) is 7.35. The van der Waals surface area contributed by atoms with Gasteiger partial charge in [0.2, 0.25) is 5.91 Å². The molecule has 0 atom stereocenters. The lowest BCUT2D eigenvalue weighted by molar-refractivity contribution is -0.124. The highest BCUT2D eigenvalue weighted by molar-refractivity contribution is 7.09. The van der Waals surface area contributed by atoms with Gasteiger partial charge < -0.3 is 5.32 Å². The first-order valence-electron chi connectivity index (χ1n) is 7.59. The number of anilines is 2. The molecule has 25 heavy (non-hydrogen) atoms. The van der Waals surface area contributed by atoms with Crippen molar-refractivity contribution in [2.45, 2.75) is 26.7 Å². The van der Waals surface area contributed by atoms with E-state index in [1.165, 1.54) is 15.0 Å². The molecule has 2 amide bonds. The molecule has 134 valence electrons. The number of nitrogens with one attached hydrogen (secondary N) is 1. The van der Waals surface area contributed by atoms with Crippen LogP contribution in [-0.2, 0) is 11.8 Å². The van der Waals surface area contributed by atoms with E-state index in [0.717, 1.165) is 11.3 Å². The van der Waals surface area contributed by atoms with Crippen LogP contribution in [0.4, 0.5) is 20.3 Å². The molecular formula is C15H17F2N5O2S. The van der Waals surface area contributed by atoms with Crippen molar-refractivity contribution in [2.75, 3.05) is 16.8 Å². The number of alkyl halides is 2. The molecule has 2 aromatic rings. The van der Waals surface area contributed by atoms with E-state index in [9.17, 15) is 18.4 Å². The van der Waals surface area contributed by atoms with Gasteiger partial charge in [-0.3, -0.25) is 19.2 Å². The summed E-state index contributed by atoms with van der Waals surface area (Å²) in [5.41, 5.74) is -0.242. The van der Waals surface area contributed by atoms with Gasteiger partial charge in [0, 0.05) is 24.4 Å². The lowest BCUT2D eigenvalue weighted by Gasteiger charge is -2.18. The predicted octanol–water partition coefficient (Wildman–Crippen LogP) is 2.83. The number of rotatable bonds is 4. The molecule has 0 aromatic carbocycles. The van der Waals surface area contributed by atoms with E-state index in [4.69, 9.17) is 0 Å². The molecular weight excluding hydrogens is 352 g/mol. The summed E-state index contributed by atoms with van der Waals surface area (Å²) in [6.45, 7) is 4.22. The molecule has 0 aliphatic carbocycles. The van der Waals surface area contributed by atoms with E-state index in [0.29, 0.717) is 24.5 Å². The fourth-order valence-corrected chi connectivity index (χ4v) is 3.26. The van der Waals surface area contributed by atoms with Crippen molar-refractivity contribution in [2.24, 2.45) is 12.5 Å². The molecule has 1 saturated heterocycles. The Hall–Kier alpha value is -2.36. The second kappa shape index (κ2) is 6.17. The average Bonchev–Trinajstić information content (AvgIpc) is 3.20. The highest BCUT2D eigenvalue weighted by Crippen LogP contribution is 2.36. The lowest BCUT2D eigenvalue weighted by atomic mass is 9.92. The minimum atomic E-state index is -2.72. The van der Waals surface area contributed by atoms with Crippen LogP contribution in [-0.4, -0.2) is 33.1 Å². The molecule has 2 aromatic heterocycles. The summed E-state index contributed by atoms with van der Waals surface area (Å²) in [7, 11) is 1.67. The van der Waals surface area contributed by atoms with Gasteiger partial charge in [0.05, 0.1) is 6.20 Å². The van der Waals surface area contributed by atoms with E-state index in [2.05, 4.69) is 15.4 Å². The summed E-state index contributed by atoms with van der Waals surface area (Å²) in [5.74, 6) is -0.352. The standard InChI is InChI=1S/C15H17F2N5O2S/c1-15(2)4-5-22(14(15)24)11-8(6-21(3)20-11)18-12(23)9-7-25-13(19-9)10(16)17/h6-7,10H,4-5H2,1-3H3,(H,18,23). The molecule has 1 aliphatic rings. The normalized spacial score (nSPS) is 16.7. The molecule has 1 fully saturated rings. The molecule has 0 spiro atoms. The first-order chi connectivity index (χ1) is 11.7. The summed E-state index contributed by atoms with van der Waals surface area (Å²) < 4.78 is 26.7. The number of halogens is 2. The van der Waals surface area contributed by atoms with Crippen LogP contribution in [0.1, 0.15) is 42.2 Å². The Labute approximate surface area is 146 Å². The number of thiazole rings is 1. The maximum absolute atomic E-state index is 12.6. The van der Waals surface area contributed by atoms with Gasteiger partial charge in [-0.1, -0.05) is 13.8 Å². The lowest BCUT2D eigenvalue weighted by Crippen LogP contribution is -2.32. The van der Waals surface area contributed by atoms with Gasteiger partial charge in [0.25, 0.3) is 12.3 Å². The predicted molar refractivity (Wildman–Crippen MR) is 89.0 cm³/mol. The number of carbonyl (C=O) groups is 2. The molecule has 7 nitrogen and oxygen atoms in total. The van der Waals surface area contributed by atoms with E-state index in [-0.39, 0.29) is 11.6 Å². The average molecular weight is 369 g/mol. The van der Waals surface area contributed by atoms with Crippen LogP contribution in [0.15, 0.2) is 11.6 Å². The van der Waals surface area contributed by atoms with Gasteiger partial charge >= 0.3 is 0 Å². The van der Waals surface area contributed by atoms with Crippen LogP contribution in [0.25, 0.3) is 0 Å². The third-order valence-corrected chi connectivity index (χ3v) is 4.89. The zero-order valence-corrected chi connectivity index (χ0v) is 14.7. The van der Waals surface area contributed by atoms with Crippen molar-refractivity contribution in [3.05, 3.63) is 22.3 Å². The fourth-order valence-electron chi connectivity index (χ4n) is 2.61. The highest BCUT2D eigenvalue weighted by atomic mass is 32.1. The fraction of sp³-hybridized carbons (Fsp3) is 0.467. The Morgan fingerprint density at radius 2 is 2.16 bits per heavy atom. The van der Waals surface area contributed by atoms with Gasteiger partial charge in [-0.05, 0) is 6.42 Å². The Morgan fingerprint density at radius 3 is 2.72 bits per heavy atom.